The van der Waals surface area contributed by atoms with Gasteiger partial charge in [0.1, 0.15) is 0 Å². The third kappa shape index (κ3) is 5.79. The summed E-state index contributed by atoms with van der Waals surface area (Å²) in [4.78, 5) is 13.9. The predicted octanol–water partition coefficient (Wildman–Crippen LogP) is 1.76. The first-order chi connectivity index (χ1) is 11.2. The van der Waals surface area contributed by atoms with Gasteiger partial charge in [-0.25, -0.2) is 13.1 Å². The number of amides is 1. The summed E-state index contributed by atoms with van der Waals surface area (Å²) < 4.78 is 24.5. The van der Waals surface area contributed by atoms with E-state index in [0.717, 1.165) is 24.8 Å². The topological polar surface area (TPSA) is 78.5 Å². The fourth-order valence-electron chi connectivity index (χ4n) is 2.83. The van der Waals surface area contributed by atoms with Crippen LogP contribution in [0.5, 0.6) is 0 Å². The summed E-state index contributed by atoms with van der Waals surface area (Å²) in [6.45, 7) is 5.43. The van der Waals surface area contributed by atoms with Crippen molar-refractivity contribution in [1.29, 1.82) is 0 Å². The Kier molecular flexibility index (Phi) is 6.23. The Balaban J connectivity index is 1.89. The monoisotopic (exact) mass is 353 g/mol. The van der Waals surface area contributed by atoms with E-state index in [9.17, 15) is 13.2 Å². The lowest BCUT2D eigenvalue weighted by atomic mass is 10.0. The lowest BCUT2D eigenvalue weighted by Gasteiger charge is -2.33. The molecule has 1 amide bonds. The number of sulfonamides is 1. The van der Waals surface area contributed by atoms with E-state index in [-0.39, 0.29) is 18.5 Å². The first kappa shape index (κ1) is 18.7. The van der Waals surface area contributed by atoms with Gasteiger partial charge < -0.3 is 10.2 Å². The van der Waals surface area contributed by atoms with Crippen molar-refractivity contribution in [3.05, 3.63) is 29.8 Å². The zero-order valence-corrected chi connectivity index (χ0v) is 15.4. The molecule has 1 aromatic rings. The third-order valence-corrected chi connectivity index (χ3v) is 4.88. The van der Waals surface area contributed by atoms with Gasteiger partial charge in [-0.2, -0.15) is 0 Å². The standard InChI is InChI=1S/C17H27N3O3S/c1-13(2)14-6-8-15(9-7-14)19-16-5-4-10-20(12-16)17(21)11-18-24(3,22)23/h6-9,13,16,18-19H,4-5,10-12H2,1-3H3/t16-/m1/s1. The van der Waals surface area contributed by atoms with Gasteiger partial charge in [0.15, 0.2) is 0 Å². The molecule has 0 saturated carbocycles. The number of nitrogens with one attached hydrogen (secondary N) is 2. The van der Waals surface area contributed by atoms with E-state index in [0.29, 0.717) is 19.0 Å². The number of anilines is 1. The summed E-state index contributed by atoms with van der Waals surface area (Å²) in [6, 6.07) is 8.57. The van der Waals surface area contributed by atoms with Crippen LogP contribution < -0.4 is 10.0 Å². The fourth-order valence-corrected chi connectivity index (χ4v) is 3.21. The Morgan fingerprint density at radius 3 is 2.54 bits per heavy atom. The van der Waals surface area contributed by atoms with Gasteiger partial charge in [0, 0.05) is 24.8 Å². The summed E-state index contributed by atoms with van der Waals surface area (Å²) in [5.41, 5.74) is 2.35. The van der Waals surface area contributed by atoms with Crippen LogP contribution in [0.3, 0.4) is 0 Å². The summed E-state index contributed by atoms with van der Waals surface area (Å²) >= 11 is 0. The Bertz CT molecular complexity index is 656. The first-order valence-corrected chi connectivity index (χ1v) is 10.2. The number of nitrogens with zero attached hydrogens (tertiary/aromatic N) is 1. The van der Waals surface area contributed by atoms with Crippen LogP contribution in [-0.4, -0.2) is 51.2 Å². The number of carbonyl (C=O) groups is 1. The minimum atomic E-state index is -3.34. The first-order valence-electron chi connectivity index (χ1n) is 8.33. The van der Waals surface area contributed by atoms with Crippen molar-refractivity contribution in [2.75, 3.05) is 31.2 Å². The van der Waals surface area contributed by atoms with E-state index in [1.807, 2.05) is 0 Å². The molecule has 7 heteroatoms. The van der Waals surface area contributed by atoms with Gasteiger partial charge in [0.2, 0.25) is 15.9 Å². The molecule has 134 valence electrons. The number of hydrogen-bond donors (Lipinski definition) is 2. The van der Waals surface area contributed by atoms with Crippen molar-refractivity contribution in [1.82, 2.24) is 9.62 Å². The van der Waals surface area contributed by atoms with E-state index < -0.39 is 10.0 Å². The normalized spacial score (nSPS) is 18.7. The zero-order chi connectivity index (χ0) is 17.7. The Morgan fingerprint density at radius 2 is 1.96 bits per heavy atom. The van der Waals surface area contributed by atoms with E-state index in [1.54, 1.807) is 4.90 Å². The van der Waals surface area contributed by atoms with Crippen LogP contribution in [0.1, 0.15) is 38.2 Å². The number of benzene rings is 1. The molecule has 0 aromatic heterocycles. The Morgan fingerprint density at radius 1 is 1.29 bits per heavy atom. The molecule has 0 aliphatic carbocycles. The van der Waals surface area contributed by atoms with Gasteiger partial charge in [0.25, 0.3) is 0 Å². The molecule has 1 aliphatic heterocycles. The number of rotatable bonds is 6. The molecule has 2 rings (SSSR count). The lowest BCUT2D eigenvalue weighted by Crippen LogP contribution is -2.48. The molecule has 0 unspecified atom stereocenters. The lowest BCUT2D eigenvalue weighted by molar-refractivity contribution is -0.130. The van der Waals surface area contributed by atoms with E-state index in [2.05, 4.69) is 48.2 Å². The highest BCUT2D eigenvalue weighted by molar-refractivity contribution is 7.88. The van der Waals surface area contributed by atoms with Gasteiger partial charge >= 0.3 is 0 Å². The molecular formula is C17H27N3O3S. The third-order valence-electron chi connectivity index (χ3n) is 4.21. The van der Waals surface area contributed by atoms with E-state index in [4.69, 9.17) is 0 Å². The number of hydrogen-bond acceptors (Lipinski definition) is 4. The highest BCUT2D eigenvalue weighted by Crippen LogP contribution is 2.20. The van der Waals surface area contributed by atoms with Crippen LogP contribution in [0, 0.1) is 0 Å². The van der Waals surface area contributed by atoms with E-state index in [1.165, 1.54) is 5.56 Å². The quantitative estimate of drug-likeness (QED) is 0.817. The predicted molar refractivity (Wildman–Crippen MR) is 96.6 cm³/mol. The molecule has 24 heavy (non-hydrogen) atoms. The molecule has 0 spiro atoms. The van der Waals surface area contributed by atoms with Gasteiger partial charge in [-0.1, -0.05) is 26.0 Å². The summed E-state index contributed by atoms with van der Waals surface area (Å²) in [5.74, 6) is 0.325. The molecule has 6 nitrogen and oxygen atoms in total. The molecule has 2 N–H and O–H groups in total. The van der Waals surface area contributed by atoms with Crippen LogP contribution >= 0.6 is 0 Å². The summed E-state index contributed by atoms with van der Waals surface area (Å²) in [6.07, 6.45) is 2.96. The second-order valence-corrected chi connectivity index (χ2v) is 8.53. The molecule has 0 radical (unpaired) electrons. The van der Waals surface area contributed by atoms with E-state index >= 15 is 0 Å². The number of likely N-dealkylation sites (tertiary alicyclic amines) is 1. The van der Waals surface area contributed by atoms with Crippen LogP contribution in [0.2, 0.25) is 0 Å². The second kappa shape index (κ2) is 7.98. The number of carbonyl (C=O) groups excluding carboxylic acids is 1. The van der Waals surface area contributed by atoms with Crippen LogP contribution in [0.15, 0.2) is 24.3 Å². The Labute approximate surface area is 144 Å². The Hall–Kier alpha value is -1.60. The maximum Gasteiger partial charge on any atom is 0.237 e. The molecule has 1 aliphatic rings. The van der Waals surface area contributed by atoms with Crippen LogP contribution in [0.25, 0.3) is 0 Å². The average molecular weight is 353 g/mol. The molecule has 0 bridgehead atoms. The fraction of sp³-hybridized carbons (Fsp3) is 0.588. The van der Waals surface area contributed by atoms with Crippen LogP contribution in [0.4, 0.5) is 5.69 Å². The smallest absolute Gasteiger partial charge is 0.237 e. The number of piperidine rings is 1. The van der Waals surface area contributed by atoms with Crippen LogP contribution in [-0.2, 0) is 14.8 Å². The molecule has 1 atom stereocenters. The maximum atomic E-state index is 12.1. The minimum Gasteiger partial charge on any atom is -0.381 e. The average Bonchev–Trinajstić information content (AvgIpc) is 2.52. The molecule has 1 saturated heterocycles. The minimum absolute atomic E-state index is 0.172. The van der Waals surface area contributed by atoms with Gasteiger partial charge in [0.05, 0.1) is 12.8 Å². The molecule has 1 heterocycles. The van der Waals surface area contributed by atoms with Crippen molar-refractivity contribution in [2.45, 2.75) is 38.6 Å². The highest BCUT2D eigenvalue weighted by Gasteiger charge is 2.23. The molecular weight excluding hydrogens is 326 g/mol. The summed E-state index contributed by atoms with van der Waals surface area (Å²) in [7, 11) is -3.34. The van der Waals surface area contributed by atoms with Crippen molar-refractivity contribution >= 4 is 21.6 Å². The van der Waals surface area contributed by atoms with Gasteiger partial charge in [-0.3, -0.25) is 4.79 Å². The van der Waals surface area contributed by atoms with Crippen molar-refractivity contribution < 1.29 is 13.2 Å². The van der Waals surface area contributed by atoms with Crippen molar-refractivity contribution in [3.63, 3.8) is 0 Å². The highest BCUT2D eigenvalue weighted by atomic mass is 32.2. The maximum absolute atomic E-state index is 12.1. The second-order valence-electron chi connectivity index (χ2n) is 6.69. The zero-order valence-electron chi connectivity index (χ0n) is 14.6. The largest absolute Gasteiger partial charge is 0.381 e. The molecule has 1 fully saturated rings. The summed E-state index contributed by atoms with van der Waals surface area (Å²) in [5, 5.41) is 3.47. The SMILES string of the molecule is CC(C)c1ccc(N[C@@H]2CCCN(C(=O)CNS(C)(=O)=O)C2)cc1. The van der Waals surface area contributed by atoms with Gasteiger partial charge in [-0.15, -0.1) is 0 Å². The van der Waals surface area contributed by atoms with Crippen molar-refractivity contribution in [3.8, 4) is 0 Å². The molecule has 1 aromatic carbocycles. The van der Waals surface area contributed by atoms with Crippen molar-refractivity contribution in [2.24, 2.45) is 0 Å². The van der Waals surface area contributed by atoms with Gasteiger partial charge in [-0.05, 0) is 36.5 Å².